The minimum atomic E-state index is -0.760. The van der Waals surface area contributed by atoms with Gasteiger partial charge in [-0.2, -0.15) is 5.10 Å². The van der Waals surface area contributed by atoms with Crippen LogP contribution >= 0.6 is 0 Å². The van der Waals surface area contributed by atoms with Gasteiger partial charge in [-0.1, -0.05) is 38.1 Å². The van der Waals surface area contributed by atoms with Gasteiger partial charge < -0.3 is 19.5 Å². The van der Waals surface area contributed by atoms with E-state index in [2.05, 4.69) is 10.4 Å². The van der Waals surface area contributed by atoms with Gasteiger partial charge in [0, 0.05) is 18.5 Å². The van der Waals surface area contributed by atoms with E-state index in [1.54, 1.807) is 44.6 Å². The van der Waals surface area contributed by atoms with Crippen molar-refractivity contribution in [1.82, 2.24) is 15.1 Å². The fourth-order valence-corrected chi connectivity index (χ4v) is 3.49. The van der Waals surface area contributed by atoms with Crippen molar-refractivity contribution in [3.05, 3.63) is 64.1 Å². The monoisotopic (exact) mass is 467 g/mol. The molecule has 0 aliphatic rings. The number of nitrogens with one attached hydrogen (secondary N) is 1. The molecule has 1 aromatic heterocycles. The predicted octanol–water partition coefficient (Wildman–Crippen LogP) is 2.59. The first-order valence-corrected chi connectivity index (χ1v) is 11.0. The van der Waals surface area contributed by atoms with E-state index in [4.69, 9.17) is 14.2 Å². The van der Waals surface area contributed by atoms with Gasteiger partial charge in [-0.05, 0) is 36.1 Å². The first kappa shape index (κ1) is 24.8. The number of esters is 1. The average molecular weight is 468 g/mol. The third-order valence-electron chi connectivity index (χ3n) is 5.12. The van der Waals surface area contributed by atoms with E-state index >= 15 is 0 Å². The van der Waals surface area contributed by atoms with Crippen molar-refractivity contribution in [3.63, 3.8) is 0 Å². The molecule has 0 saturated carbocycles. The zero-order chi connectivity index (χ0) is 24.7. The Balaban J connectivity index is 1.62. The van der Waals surface area contributed by atoms with Crippen LogP contribution in [0.1, 0.15) is 29.9 Å². The molecule has 0 aliphatic carbocycles. The second kappa shape index (κ2) is 11.3. The van der Waals surface area contributed by atoms with Gasteiger partial charge in [-0.3, -0.25) is 9.59 Å². The van der Waals surface area contributed by atoms with Gasteiger partial charge in [-0.15, -0.1) is 0 Å². The molecule has 3 aromatic rings. The molecular weight excluding hydrogens is 438 g/mol. The van der Waals surface area contributed by atoms with Crippen LogP contribution in [0.15, 0.2) is 47.3 Å². The zero-order valence-electron chi connectivity index (χ0n) is 19.8. The Kier molecular flexibility index (Phi) is 8.24. The number of carbonyl (C=O) groups excluding carboxylic acids is 2. The molecule has 9 nitrogen and oxygen atoms in total. The number of carbonyl (C=O) groups is 2. The van der Waals surface area contributed by atoms with Crippen molar-refractivity contribution >= 4 is 22.6 Å². The van der Waals surface area contributed by atoms with Crippen LogP contribution in [0.2, 0.25) is 0 Å². The molecule has 0 aliphatic heterocycles. The number of ether oxygens (including phenoxy) is 3. The summed E-state index contributed by atoms with van der Waals surface area (Å²) >= 11 is 0. The number of rotatable bonds is 10. The van der Waals surface area contributed by atoms with Gasteiger partial charge in [-0.25, -0.2) is 9.48 Å². The third-order valence-corrected chi connectivity index (χ3v) is 5.12. The Bertz CT molecular complexity index is 1240. The van der Waals surface area contributed by atoms with Crippen LogP contribution in [-0.2, 0) is 22.5 Å². The summed E-state index contributed by atoms with van der Waals surface area (Å²) in [4.78, 5) is 37.6. The van der Waals surface area contributed by atoms with Crippen molar-refractivity contribution in [2.45, 2.75) is 26.8 Å². The fraction of sp³-hybridized carbons (Fsp3) is 0.360. The molecule has 0 radical (unpaired) electrons. The molecule has 0 saturated heterocycles. The lowest BCUT2D eigenvalue weighted by molar-refractivity contribution is -0.124. The number of hydrogen-bond acceptors (Lipinski definition) is 7. The van der Waals surface area contributed by atoms with E-state index < -0.39 is 18.5 Å². The SMILES string of the molecule is COc1ccc(CCNC(=O)COC(=O)c2nn(CC(C)C)c(=O)c3ccccc23)cc1OC. The van der Waals surface area contributed by atoms with Crippen LogP contribution < -0.4 is 20.3 Å². The fourth-order valence-electron chi connectivity index (χ4n) is 3.49. The second-order valence-corrected chi connectivity index (χ2v) is 8.14. The number of hydrogen-bond donors (Lipinski definition) is 1. The van der Waals surface area contributed by atoms with Gasteiger partial charge in [0.2, 0.25) is 0 Å². The van der Waals surface area contributed by atoms with Crippen molar-refractivity contribution in [2.75, 3.05) is 27.4 Å². The second-order valence-electron chi connectivity index (χ2n) is 8.14. The number of benzene rings is 2. The summed E-state index contributed by atoms with van der Waals surface area (Å²) in [7, 11) is 3.13. The Morgan fingerprint density at radius 1 is 1.03 bits per heavy atom. The smallest absolute Gasteiger partial charge is 0.359 e. The topological polar surface area (TPSA) is 109 Å². The first-order valence-electron chi connectivity index (χ1n) is 11.0. The van der Waals surface area contributed by atoms with Gasteiger partial charge in [0.05, 0.1) is 19.6 Å². The highest BCUT2D eigenvalue weighted by Gasteiger charge is 2.19. The Labute approximate surface area is 197 Å². The Morgan fingerprint density at radius 2 is 1.74 bits per heavy atom. The standard InChI is InChI=1S/C25H29N3O6/c1-16(2)14-28-24(30)19-8-6-5-7-18(19)23(27-28)25(31)34-15-22(29)26-12-11-17-9-10-20(32-3)21(13-17)33-4/h5-10,13,16H,11-12,14-15H2,1-4H3,(H,26,29). The summed E-state index contributed by atoms with van der Waals surface area (Å²) < 4.78 is 17.0. The normalized spacial score (nSPS) is 10.9. The van der Waals surface area contributed by atoms with Crippen molar-refractivity contribution in [2.24, 2.45) is 5.92 Å². The molecular formula is C25H29N3O6. The number of fused-ring (bicyclic) bond motifs is 1. The van der Waals surface area contributed by atoms with Crippen LogP contribution in [0, 0.1) is 5.92 Å². The van der Waals surface area contributed by atoms with E-state index in [0.29, 0.717) is 41.8 Å². The summed E-state index contributed by atoms with van der Waals surface area (Å²) in [5.41, 5.74) is 0.695. The molecule has 0 fully saturated rings. The summed E-state index contributed by atoms with van der Waals surface area (Å²) in [6, 6.07) is 12.3. The number of methoxy groups -OCH3 is 2. The minimum Gasteiger partial charge on any atom is -0.493 e. The van der Waals surface area contributed by atoms with E-state index in [1.807, 2.05) is 26.0 Å². The summed E-state index contributed by atoms with van der Waals surface area (Å²) in [6.45, 7) is 4.16. The maximum absolute atomic E-state index is 12.7. The maximum Gasteiger partial charge on any atom is 0.359 e. The predicted molar refractivity (Wildman–Crippen MR) is 127 cm³/mol. The quantitative estimate of drug-likeness (QED) is 0.457. The highest BCUT2D eigenvalue weighted by molar-refractivity contribution is 6.02. The molecule has 0 unspecified atom stereocenters. The lowest BCUT2D eigenvalue weighted by atomic mass is 10.1. The lowest BCUT2D eigenvalue weighted by Gasteiger charge is -2.12. The van der Waals surface area contributed by atoms with Crippen LogP contribution in [0.4, 0.5) is 0 Å². The van der Waals surface area contributed by atoms with Gasteiger partial charge >= 0.3 is 5.97 Å². The van der Waals surface area contributed by atoms with Crippen LogP contribution in [0.5, 0.6) is 11.5 Å². The Morgan fingerprint density at radius 3 is 2.41 bits per heavy atom. The molecule has 2 aromatic carbocycles. The van der Waals surface area contributed by atoms with Crippen LogP contribution in [0.3, 0.4) is 0 Å². The van der Waals surface area contributed by atoms with Crippen molar-refractivity contribution in [1.29, 1.82) is 0 Å². The highest BCUT2D eigenvalue weighted by atomic mass is 16.5. The minimum absolute atomic E-state index is 0.00831. The molecule has 0 bridgehead atoms. The summed E-state index contributed by atoms with van der Waals surface area (Å²) in [6.07, 6.45) is 0.562. The van der Waals surface area contributed by atoms with E-state index in [1.165, 1.54) is 4.68 Å². The Hall–Kier alpha value is -3.88. The van der Waals surface area contributed by atoms with E-state index in [9.17, 15) is 14.4 Å². The van der Waals surface area contributed by atoms with Crippen molar-refractivity contribution in [3.8, 4) is 11.5 Å². The van der Waals surface area contributed by atoms with Gasteiger partial charge in [0.15, 0.2) is 23.8 Å². The largest absolute Gasteiger partial charge is 0.493 e. The molecule has 1 N–H and O–H groups in total. The molecule has 3 rings (SSSR count). The van der Waals surface area contributed by atoms with E-state index in [-0.39, 0.29) is 17.2 Å². The summed E-state index contributed by atoms with van der Waals surface area (Å²) in [5.74, 6) is 0.200. The molecule has 0 spiro atoms. The molecule has 1 heterocycles. The number of aromatic nitrogens is 2. The summed E-state index contributed by atoms with van der Waals surface area (Å²) in [5, 5.41) is 7.72. The first-order chi connectivity index (χ1) is 16.3. The van der Waals surface area contributed by atoms with Crippen LogP contribution in [0.25, 0.3) is 10.8 Å². The van der Waals surface area contributed by atoms with Crippen molar-refractivity contribution < 1.29 is 23.8 Å². The maximum atomic E-state index is 12.7. The van der Waals surface area contributed by atoms with Gasteiger partial charge in [0.1, 0.15) is 0 Å². The zero-order valence-corrected chi connectivity index (χ0v) is 19.8. The van der Waals surface area contributed by atoms with Gasteiger partial charge in [0.25, 0.3) is 11.5 Å². The molecule has 9 heteroatoms. The molecule has 34 heavy (non-hydrogen) atoms. The lowest BCUT2D eigenvalue weighted by Crippen LogP contribution is -2.32. The number of nitrogens with zero attached hydrogens (tertiary/aromatic N) is 2. The molecule has 180 valence electrons. The van der Waals surface area contributed by atoms with Crippen LogP contribution in [-0.4, -0.2) is 49.0 Å². The highest BCUT2D eigenvalue weighted by Crippen LogP contribution is 2.27. The third kappa shape index (κ3) is 5.92. The molecule has 0 atom stereocenters. The average Bonchev–Trinajstić information content (AvgIpc) is 2.84. The van der Waals surface area contributed by atoms with E-state index in [0.717, 1.165) is 5.56 Å². The number of amides is 1. The molecule has 1 amide bonds.